The van der Waals surface area contributed by atoms with E-state index in [0.717, 1.165) is 11.1 Å². The summed E-state index contributed by atoms with van der Waals surface area (Å²) in [5.74, 6) is 6.59. The minimum atomic E-state index is -2.04. The fraction of sp³-hybridized carbons (Fsp3) is 0.0606. The lowest BCUT2D eigenvalue weighted by atomic mass is 10.1. The predicted octanol–water partition coefficient (Wildman–Crippen LogP) is 5.80. The number of ether oxygens (including phenoxy) is 1. The van der Waals surface area contributed by atoms with Gasteiger partial charge in [0.25, 0.3) is 0 Å². The fourth-order valence-electron chi connectivity index (χ4n) is 4.14. The van der Waals surface area contributed by atoms with E-state index in [0.29, 0.717) is 6.16 Å². The van der Waals surface area contributed by atoms with Crippen molar-refractivity contribution in [1.82, 2.24) is 0 Å². The maximum atomic E-state index is 11.6. The lowest BCUT2D eigenvalue weighted by Gasteiger charge is -2.25. The maximum absolute atomic E-state index is 11.6. The van der Waals surface area contributed by atoms with Gasteiger partial charge >= 0.3 is 5.97 Å². The SMILES string of the molecule is COC(=O)/C=C/C=C(/C#CC[P+](c1ccccc1)(c1ccccc1)c1ccccc1)c1ccccc1. The van der Waals surface area contributed by atoms with Crippen LogP contribution < -0.4 is 15.9 Å². The molecule has 0 radical (unpaired) electrons. The van der Waals surface area contributed by atoms with E-state index < -0.39 is 13.2 Å². The highest BCUT2D eigenvalue weighted by Crippen LogP contribution is 2.54. The van der Waals surface area contributed by atoms with Crippen LogP contribution in [0.2, 0.25) is 0 Å². The Morgan fingerprint density at radius 3 is 1.61 bits per heavy atom. The van der Waals surface area contributed by atoms with E-state index in [4.69, 9.17) is 4.74 Å². The Morgan fingerprint density at radius 2 is 1.17 bits per heavy atom. The third-order valence-electron chi connectivity index (χ3n) is 5.91. The van der Waals surface area contributed by atoms with E-state index in [1.807, 2.05) is 36.4 Å². The number of hydrogen-bond acceptors (Lipinski definition) is 2. The van der Waals surface area contributed by atoms with Gasteiger partial charge in [-0.25, -0.2) is 4.79 Å². The molecule has 0 aromatic heterocycles. The number of rotatable bonds is 7. The van der Waals surface area contributed by atoms with Crippen molar-refractivity contribution < 1.29 is 9.53 Å². The summed E-state index contributed by atoms with van der Waals surface area (Å²) >= 11 is 0. The highest BCUT2D eigenvalue weighted by atomic mass is 31.2. The molecule has 0 saturated heterocycles. The molecular weight excluding hydrogens is 459 g/mol. The Kier molecular flexibility index (Phi) is 8.66. The predicted molar refractivity (Wildman–Crippen MR) is 153 cm³/mol. The maximum Gasteiger partial charge on any atom is 0.330 e. The van der Waals surface area contributed by atoms with Crippen LogP contribution in [0.3, 0.4) is 0 Å². The first-order chi connectivity index (χ1) is 17.7. The van der Waals surface area contributed by atoms with Gasteiger partial charge in [-0.2, -0.15) is 0 Å². The van der Waals surface area contributed by atoms with Crippen LogP contribution >= 0.6 is 7.26 Å². The summed E-state index contributed by atoms with van der Waals surface area (Å²) in [6.07, 6.45) is 5.65. The summed E-state index contributed by atoms with van der Waals surface area (Å²) in [6.45, 7) is 0. The van der Waals surface area contributed by atoms with Crippen LogP contribution in [0.5, 0.6) is 0 Å². The van der Waals surface area contributed by atoms with Gasteiger partial charge in [-0.05, 0) is 48.0 Å². The Hall–Kier alpha value is -4.18. The quantitative estimate of drug-likeness (QED) is 0.108. The number of carbonyl (C=O) groups is 1. The first kappa shape index (κ1) is 24.9. The molecule has 3 heteroatoms. The Balaban J connectivity index is 1.84. The molecule has 4 rings (SSSR count). The van der Waals surface area contributed by atoms with Gasteiger partial charge in [-0.3, -0.25) is 0 Å². The average molecular weight is 488 g/mol. The van der Waals surface area contributed by atoms with Crippen LogP contribution in [0.4, 0.5) is 0 Å². The average Bonchev–Trinajstić information content (AvgIpc) is 2.96. The standard InChI is InChI=1S/C33H28O2P/c1-35-33(34)26-14-18-29(28-16-6-2-7-17-28)19-15-27-36(30-20-8-3-9-21-30,31-22-10-4-11-23-31)32-24-12-5-13-25-32/h2-14,16-18,20-26H,27H2,1H3/q+1/b26-14+,29-18-. The molecule has 0 unspecified atom stereocenters. The summed E-state index contributed by atoms with van der Waals surface area (Å²) < 4.78 is 4.72. The van der Waals surface area contributed by atoms with Crippen molar-refractivity contribution in [3.05, 3.63) is 145 Å². The lowest BCUT2D eigenvalue weighted by Crippen LogP contribution is -2.33. The molecule has 4 aromatic rings. The van der Waals surface area contributed by atoms with Crippen LogP contribution in [0.15, 0.2) is 140 Å². The summed E-state index contributed by atoms with van der Waals surface area (Å²) in [7, 11) is -0.671. The van der Waals surface area contributed by atoms with Crippen LogP contribution in [0, 0.1) is 11.8 Å². The molecular formula is C33H28O2P+. The zero-order valence-corrected chi connectivity index (χ0v) is 21.1. The first-order valence-electron chi connectivity index (χ1n) is 11.8. The van der Waals surface area contributed by atoms with Crippen molar-refractivity contribution in [3.63, 3.8) is 0 Å². The van der Waals surface area contributed by atoms with Crippen LogP contribution in [0.1, 0.15) is 5.56 Å². The summed E-state index contributed by atoms with van der Waals surface area (Å²) in [4.78, 5) is 11.6. The smallest absolute Gasteiger partial charge is 0.330 e. The van der Waals surface area contributed by atoms with Gasteiger partial charge in [0.1, 0.15) is 29.3 Å². The number of methoxy groups -OCH3 is 1. The molecule has 176 valence electrons. The molecule has 0 aliphatic heterocycles. The highest BCUT2D eigenvalue weighted by molar-refractivity contribution is 7.95. The second-order valence-corrected chi connectivity index (χ2v) is 11.6. The number of benzene rings is 4. The molecule has 0 spiro atoms. The van der Waals surface area contributed by atoms with Gasteiger partial charge in [-0.1, -0.05) is 103 Å². The zero-order valence-electron chi connectivity index (χ0n) is 20.2. The summed E-state index contributed by atoms with van der Waals surface area (Å²) in [5.41, 5.74) is 1.85. The van der Waals surface area contributed by atoms with Crippen LogP contribution in [-0.4, -0.2) is 19.2 Å². The Morgan fingerprint density at radius 1 is 0.722 bits per heavy atom. The lowest BCUT2D eigenvalue weighted by molar-refractivity contribution is -0.134. The summed E-state index contributed by atoms with van der Waals surface area (Å²) in [5, 5.41) is 3.90. The minimum Gasteiger partial charge on any atom is -0.466 e. The third-order valence-corrected chi connectivity index (χ3v) is 10.1. The van der Waals surface area contributed by atoms with E-state index in [-0.39, 0.29) is 0 Å². The second-order valence-electron chi connectivity index (χ2n) is 8.10. The van der Waals surface area contributed by atoms with E-state index in [1.54, 1.807) is 6.08 Å². The van der Waals surface area contributed by atoms with E-state index in [2.05, 4.69) is 103 Å². The van der Waals surface area contributed by atoms with Gasteiger partial charge in [0, 0.05) is 11.6 Å². The van der Waals surface area contributed by atoms with Gasteiger partial charge in [0.15, 0.2) is 0 Å². The molecule has 4 aromatic carbocycles. The molecule has 0 aliphatic rings. The van der Waals surface area contributed by atoms with Crippen molar-refractivity contribution in [2.24, 2.45) is 0 Å². The number of hydrogen-bond donors (Lipinski definition) is 0. The molecule has 0 N–H and O–H groups in total. The summed E-state index contributed by atoms with van der Waals surface area (Å²) in [6, 6.07) is 42.2. The zero-order chi connectivity index (χ0) is 25.1. The van der Waals surface area contributed by atoms with Gasteiger partial charge in [0.05, 0.1) is 7.11 Å². The highest BCUT2D eigenvalue weighted by Gasteiger charge is 2.44. The Bertz CT molecular complexity index is 1280. The fourth-order valence-corrected chi connectivity index (χ4v) is 7.94. The van der Waals surface area contributed by atoms with Gasteiger partial charge in [-0.15, -0.1) is 0 Å². The topological polar surface area (TPSA) is 26.3 Å². The molecule has 0 heterocycles. The molecule has 0 atom stereocenters. The van der Waals surface area contributed by atoms with Gasteiger partial charge in [0.2, 0.25) is 0 Å². The van der Waals surface area contributed by atoms with Crippen LogP contribution in [-0.2, 0) is 9.53 Å². The van der Waals surface area contributed by atoms with Crippen molar-refractivity contribution in [2.75, 3.05) is 13.3 Å². The molecule has 0 aliphatic carbocycles. The van der Waals surface area contributed by atoms with Crippen molar-refractivity contribution >= 4 is 34.7 Å². The molecule has 0 saturated carbocycles. The van der Waals surface area contributed by atoms with E-state index in [1.165, 1.54) is 29.1 Å². The number of allylic oxidation sites excluding steroid dienone is 3. The number of carbonyl (C=O) groups excluding carboxylic acids is 1. The monoisotopic (exact) mass is 487 g/mol. The molecule has 0 amide bonds. The Labute approximate surface area is 214 Å². The first-order valence-corrected chi connectivity index (χ1v) is 13.8. The molecule has 0 bridgehead atoms. The second kappa shape index (κ2) is 12.5. The van der Waals surface area contributed by atoms with E-state index in [9.17, 15) is 4.79 Å². The minimum absolute atomic E-state index is 0.395. The van der Waals surface area contributed by atoms with Crippen molar-refractivity contribution in [2.45, 2.75) is 0 Å². The normalized spacial score (nSPS) is 11.5. The third kappa shape index (κ3) is 5.89. The van der Waals surface area contributed by atoms with E-state index >= 15 is 0 Å². The molecule has 0 fully saturated rings. The van der Waals surface area contributed by atoms with Crippen molar-refractivity contribution in [1.29, 1.82) is 0 Å². The van der Waals surface area contributed by atoms with Crippen molar-refractivity contribution in [3.8, 4) is 11.8 Å². The molecule has 2 nitrogen and oxygen atoms in total. The van der Waals surface area contributed by atoms with Crippen LogP contribution in [0.25, 0.3) is 5.57 Å². The largest absolute Gasteiger partial charge is 0.466 e. The van der Waals surface area contributed by atoms with Gasteiger partial charge < -0.3 is 4.74 Å². The number of esters is 1. The molecule has 36 heavy (non-hydrogen) atoms.